The summed E-state index contributed by atoms with van der Waals surface area (Å²) in [6.45, 7) is -1.48. The average Bonchev–Trinajstić information content (AvgIpc) is 2.98. The van der Waals surface area contributed by atoms with Gasteiger partial charge in [-0.3, -0.25) is 9.59 Å². The van der Waals surface area contributed by atoms with Crippen LogP contribution in [0.5, 0.6) is 11.5 Å². The van der Waals surface area contributed by atoms with Crippen LogP contribution < -0.4 is 15.0 Å². The molecule has 27 heavy (non-hydrogen) atoms. The highest BCUT2D eigenvalue weighted by atomic mass is 19.3. The van der Waals surface area contributed by atoms with Crippen molar-refractivity contribution in [2.75, 3.05) is 7.11 Å². The summed E-state index contributed by atoms with van der Waals surface area (Å²) in [5.41, 5.74) is 0.669. The predicted octanol–water partition coefficient (Wildman–Crippen LogP) is 1.91. The number of nitrogens with zero attached hydrogens (tertiary/aromatic N) is 3. The third-order valence-electron chi connectivity index (χ3n) is 3.73. The molecule has 2 heterocycles. The Labute approximate surface area is 151 Å². The summed E-state index contributed by atoms with van der Waals surface area (Å²) >= 11 is 0. The molecule has 142 valence electrons. The third-order valence-corrected chi connectivity index (χ3v) is 3.73. The molecule has 0 atom stereocenters. The second kappa shape index (κ2) is 7.52. The molecule has 0 aliphatic rings. The Morgan fingerprint density at radius 2 is 2.11 bits per heavy atom. The van der Waals surface area contributed by atoms with Crippen molar-refractivity contribution >= 4 is 16.9 Å². The number of nitrogens with one attached hydrogen (secondary N) is 1. The van der Waals surface area contributed by atoms with Crippen LogP contribution >= 0.6 is 0 Å². The van der Waals surface area contributed by atoms with Crippen LogP contribution in [0.25, 0.3) is 11.2 Å². The fraction of sp³-hybridized carbons (Fsp3) is 0.294. The Bertz CT molecular complexity index is 1050. The fourth-order valence-electron chi connectivity index (χ4n) is 2.65. The molecule has 1 N–H and O–H groups in total. The van der Waals surface area contributed by atoms with Crippen LogP contribution in [0.15, 0.2) is 29.3 Å². The van der Waals surface area contributed by atoms with Crippen molar-refractivity contribution in [2.24, 2.45) is 0 Å². The second-order valence-corrected chi connectivity index (χ2v) is 5.80. The zero-order valence-electron chi connectivity index (χ0n) is 14.5. The largest absolute Gasteiger partial charge is 0.493 e. The van der Waals surface area contributed by atoms with Gasteiger partial charge in [0.2, 0.25) is 0 Å². The molecule has 0 radical (unpaired) electrons. The van der Waals surface area contributed by atoms with Gasteiger partial charge in [0.1, 0.15) is 11.6 Å². The number of benzene rings is 1. The number of halogens is 2. The number of ketones is 1. The van der Waals surface area contributed by atoms with Crippen molar-refractivity contribution in [3.63, 3.8) is 0 Å². The van der Waals surface area contributed by atoms with Crippen molar-refractivity contribution in [1.29, 1.82) is 0 Å². The van der Waals surface area contributed by atoms with Gasteiger partial charge in [-0.25, -0.2) is 9.97 Å². The molecule has 1 aromatic carbocycles. The van der Waals surface area contributed by atoms with Crippen LogP contribution in [0.2, 0.25) is 0 Å². The third kappa shape index (κ3) is 4.10. The number of ether oxygens (including phenoxy) is 2. The lowest BCUT2D eigenvalue weighted by atomic mass is 10.1. The number of aromatic amines is 1. The van der Waals surface area contributed by atoms with Gasteiger partial charge in [0, 0.05) is 6.42 Å². The van der Waals surface area contributed by atoms with E-state index in [9.17, 15) is 18.4 Å². The fourth-order valence-corrected chi connectivity index (χ4v) is 2.65. The Morgan fingerprint density at radius 3 is 2.78 bits per heavy atom. The predicted molar refractivity (Wildman–Crippen MR) is 91.3 cm³/mol. The van der Waals surface area contributed by atoms with Crippen molar-refractivity contribution in [2.45, 2.75) is 26.5 Å². The van der Waals surface area contributed by atoms with Gasteiger partial charge in [-0.15, -0.1) is 0 Å². The molecule has 0 spiro atoms. The van der Waals surface area contributed by atoms with E-state index in [1.807, 2.05) is 0 Å². The monoisotopic (exact) mass is 378 g/mol. The number of imidazole rings is 1. The summed E-state index contributed by atoms with van der Waals surface area (Å²) in [5, 5.41) is 0. The van der Waals surface area contributed by atoms with Crippen LogP contribution in [-0.2, 0) is 17.8 Å². The normalized spacial score (nSPS) is 11.1. The molecule has 10 heteroatoms. The minimum atomic E-state index is -2.97. The van der Waals surface area contributed by atoms with E-state index in [1.165, 1.54) is 37.1 Å². The number of carbonyl (C=O) groups is 1. The SMILES string of the molecule is COc1cc(Cc2nc3c(ncn3CC(C)=O)c(=O)[nH]2)ccc1OC(F)F. The lowest BCUT2D eigenvalue weighted by Crippen LogP contribution is -2.14. The number of methoxy groups -OCH3 is 1. The second-order valence-electron chi connectivity index (χ2n) is 5.80. The number of carbonyl (C=O) groups excluding carboxylic acids is 1. The highest BCUT2D eigenvalue weighted by Gasteiger charge is 2.14. The smallest absolute Gasteiger partial charge is 0.387 e. The van der Waals surface area contributed by atoms with E-state index in [1.54, 1.807) is 6.07 Å². The first-order valence-electron chi connectivity index (χ1n) is 7.92. The average molecular weight is 378 g/mol. The van der Waals surface area contributed by atoms with Gasteiger partial charge >= 0.3 is 6.61 Å². The van der Waals surface area contributed by atoms with Gasteiger partial charge in [-0.1, -0.05) is 6.07 Å². The first-order chi connectivity index (χ1) is 12.9. The summed E-state index contributed by atoms with van der Waals surface area (Å²) < 4.78 is 35.8. The van der Waals surface area contributed by atoms with Gasteiger partial charge in [0.25, 0.3) is 5.56 Å². The maximum Gasteiger partial charge on any atom is 0.387 e. The first kappa shape index (κ1) is 18.5. The Kier molecular flexibility index (Phi) is 5.15. The van der Waals surface area contributed by atoms with E-state index in [2.05, 4.69) is 19.7 Å². The van der Waals surface area contributed by atoms with Crippen LogP contribution in [0, 0.1) is 0 Å². The molecular formula is C17H16F2N4O4. The molecule has 0 saturated carbocycles. The van der Waals surface area contributed by atoms with E-state index in [-0.39, 0.29) is 35.8 Å². The van der Waals surface area contributed by atoms with Gasteiger partial charge in [-0.05, 0) is 24.6 Å². The number of Topliss-reactive ketones (excluding diaryl/α,β-unsaturated/α-hetero) is 1. The summed E-state index contributed by atoms with van der Waals surface area (Å²) in [6, 6.07) is 4.45. The molecule has 0 fully saturated rings. The summed E-state index contributed by atoms with van der Waals surface area (Å²) in [6.07, 6.45) is 1.60. The molecular weight excluding hydrogens is 362 g/mol. The molecule has 0 aliphatic heterocycles. The highest BCUT2D eigenvalue weighted by molar-refractivity contribution is 5.78. The zero-order valence-corrected chi connectivity index (χ0v) is 14.5. The number of H-pyrrole nitrogens is 1. The number of aromatic nitrogens is 4. The minimum absolute atomic E-state index is 0.0554. The lowest BCUT2D eigenvalue weighted by Gasteiger charge is -2.11. The molecule has 3 aromatic rings. The molecule has 0 saturated heterocycles. The van der Waals surface area contributed by atoms with E-state index < -0.39 is 12.2 Å². The molecule has 3 rings (SSSR count). The number of rotatable bonds is 7. The highest BCUT2D eigenvalue weighted by Crippen LogP contribution is 2.30. The van der Waals surface area contributed by atoms with Crippen LogP contribution in [0.4, 0.5) is 8.78 Å². The van der Waals surface area contributed by atoms with Crippen LogP contribution in [-0.4, -0.2) is 39.0 Å². The van der Waals surface area contributed by atoms with Crippen molar-refractivity contribution < 1.29 is 23.0 Å². The molecule has 8 nitrogen and oxygen atoms in total. The standard InChI is InChI=1S/C17H16F2N4O4/c1-9(24)7-23-8-20-14-15(23)21-13(22-16(14)25)6-10-3-4-11(27-17(18)19)12(5-10)26-2/h3-5,8,17H,6-7H2,1-2H3,(H,21,22,25). The van der Waals surface area contributed by atoms with Gasteiger partial charge in [0.05, 0.1) is 20.0 Å². The molecule has 0 unspecified atom stereocenters. The van der Waals surface area contributed by atoms with Crippen molar-refractivity contribution in [1.82, 2.24) is 19.5 Å². The van der Waals surface area contributed by atoms with E-state index >= 15 is 0 Å². The van der Waals surface area contributed by atoms with Gasteiger partial charge in [0.15, 0.2) is 22.7 Å². The summed E-state index contributed by atoms with van der Waals surface area (Å²) in [4.78, 5) is 34.5. The minimum Gasteiger partial charge on any atom is -0.493 e. The maximum atomic E-state index is 12.4. The topological polar surface area (TPSA) is 99.1 Å². The van der Waals surface area contributed by atoms with Crippen LogP contribution in [0.1, 0.15) is 18.3 Å². The molecule has 0 aliphatic carbocycles. The summed E-state index contributed by atoms with van der Waals surface area (Å²) in [7, 11) is 1.34. The van der Waals surface area contributed by atoms with Gasteiger partial charge in [-0.2, -0.15) is 8.78 Å². The van der Waals surface area contributed by atoms with Crippen molar-refractivity contribution in [3.05, 3.63) is 46.3 Å². The summed E-state index contributed by atoms with van der Waals surface area (Å²) in [5.74, 6) is 0.283. The van der Waals surface area contributed by atoms with E-state index in [0.29, 0.717) is 17.0 Å². The first-order valence-corrected chi connectivity index (χ1v) is 7.92. The van der Waals surface area contributed by atoms with Gasteiger partial charge < -0.3 is 19.0 Å². The Morgan fingerprint density at radius 1 is 1.33 bits per heavy atom. The van der Waals surface area contributed by atoms with Crippen LogP contribution in [0.3, 0.4) is 0 Å². The number of hydrogen-bond donors (Lipinski definition) is 1. The molecule has 0 bridgehead atoms. The number of hydrogen-bond acceptors (Lipinski definition) is 6. The Balaban J connectivity index is 1.94. The maximum absolute atomic E-state index is 12.4. The zero-order chi connectivity index (χ0) is 19.6. The quantitative estimate of drug-likeness (QED) is 0.674. The van der Waals surface area contributed by atoms with E-state index in [4.69, 9.17) is 4.74 Å². The Hall–Kier alpha value is -3.30. The number of alkyl halides is 2. The van der Waals surface area contributed by atoms with E-state index in [0.717, 1.165) is 0 Å². The number of fused-ring (bicyclic) bond motifs is 1. The molecule has 0 amide bonds. The lowest BCUT2D eigenvalue weighted by molar-refractivity contribution is -0.117. The van der Waals surface area contributed by atoms with Crippen molar-refractivity contribution in [3.8, 4) is 11.5 Å². The molecule has 2 aromatic heterocycles.